The van der Waals surface area contributed by atoms with Crippen molar-refractivity contribution in [2.24, 2.45) is 0 Å². The number of halogens is 2. The zero-order chi connectivity index (χ0) is 22.6. The number of carbonyl (C=O) groups is 2. The summed E-state index contributed by atoms with van der Waals surface area (Å²) in [4.78, 5) is 25.4. The molecule has 2 rings (SSSR count). The standard InChI is InChI=1S/C22H26I2N2O4/c1-12-6-7-15(8-13(12)2)25-20(28)18(26-21(29)30-22(3,4)5)11-14-9-16(23)19(27)17(24)10-14/h6-10,18,27H,11H2,1-5H3,(H,25,28)(H,26,29). The van der Waals surface area contributed by atoms with Crippen LogP contribution in [0, 0.1) is 21.0 Å². The lowest BCUT2D eigenvalue weighted by Gasteiger charge is -2.23. The number of rotatable bonds is 5. The third-order valence-corrected chi connectivity index (χ3v) is 5.94. The van der Waals surface area contributed by atoms with E-state index in [0.29, 0.717) is 12.8 Å². The van der Waals surface area contributed by atoms with Gasteiger partial charge in [0.1, 0.15) is 17.4 Å². The molecule has 0 spiro atoms. The summed E-state index contributed by atoms with van der Waals surface area (Å²) < 4.78 is 6.70. The van der Waals surface area contributed by atoms with Crippen molar-refractivity contribution in [3.8, 4) is 5.75 Å². The van der Waals surface area contributed by atoms with Gasteiger partial charge < -0.3 is 20.5 Å². The van der Waals surface area contributed by atoms with Crippen LogP contribution in [-0.4, -0.2) is 28.7 Å². The molecule has 2 aromatic rings. The minimum Gasteiger partial charge on any atom is -0.506 e. The Morgan fingerprint density at radius 1 is 1.07 bits per heavy atom. The second-order valence-electron chi connectivity index (χ2n) is 8.10. The lowest BCUT2D eigenvalue weighted by Crippen LogP contribution is -2.47. The predicted molar refractivity (Wildman–Crippen MR) is 135 cm³/mol. The first kappa shape index (κ1) is 24.7. The van der Waals surface area contributed by atoms with Crippen LogP contribution >= 0.6 is 45.2 Å². The Morgan fingerprint density at radius 3 is 2.20 bits per heavy atom. The van der Waals surface area contributed by atoms with Crippen LogP contribution in [0.1, 0.15) is 37.5 Å². The number of hydrogen-bond acceptors (Lipinski definition) is 4. The van der Waals surface area contributed by atoms with Gasteiger partial charge in [-0.25, -0.2) is 4.79 Å². The lowest BCUT2D eigenvalue weighted by atomic mass is 10.0. The van der Waals surface area contributed by atoms with Gasteiger partial charge in [0.25, 0.3) is 0 Å². The SMILES string of the molecule is Cc1ccc(NC(=O)C(Cc2cc(I)c(O)c(I)c2)NC(=O)OC(C)(C)C)cc1C. The largest absolute Gasteiger partial charge is 0.506 e. The Kier molecular flexibility index (Phi) is 8.37. The molecule has 3 N–H and O–H groups in total. The number of amides is 2. The van der Waals surface area contributed by atoms with Crippen molar-refractivity contribution in [2.75, 3.05) is 5.32 Å². The summed E-state index contributed by atoms with van der Waals surface area (Å²) in [5, 5.41) is 15.6. The van der Waals surface area contributed by atoms with Crippen LogP contribution in [0.5, 0.6) is 5.75 Å². The van der Waals surface area contributed by atoms with Gasteiger partial charge in [-0.05, 0) is 121 Å². The number of phenolic OH excluding ortho intramolecular Hbond substituents is 1. The highest BCUT2D eigenvalue weighted by atomic mass is 127. The van der Waals surface area contributed by atoms with E-state index in [1.807, 2.05) is 77.2 Å². The van der Waals surface area contributed by atoms with E-state index in [1.54, 1.807) is 32.9 Å². The number of alkyl carbamates (subject to hydrolysis) is 1. The molecule has 0 aliphatic carbocycles. The van der Waals surface area contributed by atoms with E-state index in [-0.39, 0.29) is 18.1 Å². The fraction of sp³-hybridized carbons (Fsp3) is 0.364. The molecular weight excluding hydrogens is 610 g/mol. The van der Waals surface area contributed by atoms with Crippen molar-refractivity contribution in [1.82, 2.24) is 5.32 Å². The average Bonchev–Trinajstić information content (AvgIpc) is 2.60. The Bertz CT molecular complexity index is 932. The summed E-state index contributed by atoms with van der Waals surface area (Å²) >= 11 is 4.08. The number of nitrogens with one attached hydrogen (secondary N) is 2. The second-order valence-corrected chi connectivity index (χ2v) is 10.4. The smallest absolute Gasteiger partial charge is 0.408 e. The summed E-state index contributed by atoms with van der Waals surface area (Å²) in [6, 6.07) is 8.40. The first-order valence-corrected chi connectivity index (χ1v) is 11.6. The Labute approximate surface area is 204 Å². The normalized spacial score (nSPS) is 12.2. The third-order valence-electron chi connectivity index (χ3n) is 4.30. The van der Waals surface area contributed by atoms with Crippen molar-refractivity contribution < 1.29 is 19.4 Å². The number of carbonyl (C=O) groups excluding carboxylic acids is 2. The molecule has 1 atom stereocenters. The topological polar surface area (TPSA) is 87.7 Å². The average molecular weight is 636 g/mol. The predicted octanol–water partition coefficient (Wildman–Crippen LogP) is 5.29. The molecule has 0 aliphatic heterocycles. The molecule has 30 heavy (non-hydrogen) atoms. The minimum atomic E-state index is -0.849. The quantitative estimate of drug-likeness (QED) is 0.390. The van der Waals surface area contributed by atoms with Crippen LogP contribution in [0.3, 0.4) is 0 Å². The van der Waals surface area contributed by atoms with Crippen molar-refractivity contribution >= 4 is 62.9 Å². The molecule has 0 bridgehead atoms. The van der Waals surface area contributed by atoms with Gasteiger partial charge in [0.15, 0.2) is 0 Å². The van der Waals surface area contributed by atoms with E-state index >= 15 is 0 Å². The molecule has 0 saturated carbocycles. The zero-order valence-electron chi connectivity index (χ0n) is 17.6. The fourth-order valence-corrected chi connectivity index (χ4v) is 4.58. The molecule has 2 amide bonds. The molecule has 162 valence electrons. The number of aromatic hydroxyl groups is 1. The van der Waals surface area contributed by atoms with E-state index in [2.05, 4.69) is 10.6 Å². The minimum absolute atomic E-state index is 0.205. The maximum atomic E-state index is 13.0. The van der Waals surface area contributed by atoms with Crippen LogP contribution in [-0.2, 0) is 16.0 Å². The number of aryl methyl sites for hydroxylation is 2. The highest BCUT2D eigenvalue weighted by Crippen LogP contribution is 2.28. The molecular formula is C22H26I2N2O4. The maximum absolute atomic E-state index is 13.0. The van der Waals surface area contributed by atoms with Gasteiger partial charge in [0.05, 0.1) is 7.14 Å². The van der Waals surface area contributed by atoms with Gasteiger partial charge in [0, 0.05) is 12.1 Å². The van der Waals surface area contributed by atoms with E-state index in [9.17, 15) is 14.7 Å². The Morgan fingerprint density at radius 2 is 1.67 bits per heavy atom. The monoisotopic (exact) mass is 636 g/mol. The number of benzene rings is 2. The summed E-state index contributed by atoms with van der Waals surface area (Å²) in [5.74, 6) is -0.140. The molecule has 0 radical (unpaired) electrons. The fourth-order valence-electron chi connectivity index (χ4n) is 2.68. The second kappa shape index (κ2) is 10.2. The molecule has 8 heteroatoms. The van der Waals surface area contributed by atoms with E-state index in [0.717, 1.165) is 16.7 Å². The first-order chi connectivity index (χ1) is 13.9. The Hall–Kier alpha value is -1.56. The summed E-state index contributed by atoms with van der Waals surface area (Å²) in [7, 11) is 0. The van der Waals surface area contributed by atoms with Crippen LogP contribution in [0.2, 0.25) is 0 Å². The number of ether oxygens (including phenoxy) is 1. The third kappa shape index (κ3) is 7.29. The van der Waals surface area contributed by atoms with Crippen molar-refractivity contribution in [2.45, 2.75) is 52.7 Å². The number of phenols is 1. The molecule has 0 aliphatic rings. The Balaban J connectivity index is 2.26. The summed E-state index contributed by atoms with van der Waals surface area (Å²) in [5.41, 5.74) is 2.99. The molecule has 2 aromatic carbocycles. The van der Waals surface area contributed by atoms with Gasteiger partial charge in [-0.3, -0.25) is 4.79 Å². The highest BCUT2D eigenvalue weighted by Gasteiger charge is 2.25. The van der Waals surface area contributed by atoms with Gasteiger partial charge in [-0.15, -0.1) is 0 Å². The molecule has 0 saturated heterocycles. The zero-order valence-corrected chi connectivity index (χ0v) is 21.9. The van der Waals surface area contributed by atoms with E-state index in [4.69, 9.17) is 4.74 Å². The highest BCUT2D eigenvalue weighted by molar-refractivity contribution is 14.1. The van der Waals surface area contributed by atoms with Crippen molar-refractivity contribution in [3.05, 3.63) is 54.2 Å². The van der Waals surface area contributed by atoms with Crippen LogP contribution in [0.25, 0.3) is 0 Å². The van der Waals surface area contributed by atoms with Crippen LogP contribution in [0.4, 0.5) is 10.5 Å². The molecule has 0 fully saturated rings. The van der Waals surface area contributed by atoms with Gasteiger partial charge in [-0.1, -0.05) is 6.07 Å². The van der Waals surface area contributed by atoms with E-state index in [1.165, 1.54) is 0 Å². The van der Waals surface area contributed by atoms with E-state index < -0.39 is 17.7 Å². The molecule has 1 unspecified atom stereocenters. The number of anilines is 1. The molecule has 6 nitrogen and oxygen atoms in total. The van der Waals surface area contributed by atoms with Gasteiger partial charge in [-0.2, -0.15) is 0 Å². The van der Waals surface area contributed by atoms with Crippen molar-refractivity contribution in [3.63, 3.8) is 0 Å². The number of hydrogen-bond donors (Lipinski definition) is 3. The first-order valence-electron chi connectivity index (χ1n) is 9.40. The summed E-state index contributed by atoms with van der Waals surface area (Å²) in [6.07, 6.45) is -0.409. The van der Waals surface area contributed by atoms with Crippen LogP contribution in [0.15, 0.2) is 30.3 Å². The van der Waals surface area contributed by atoms with Gasteiger partial charge in [0.2, 0.25) is 5.91 Å². The summed E-state index contributed by atoms with van der Waals surface area (Å²) in [6.45, 7) is 9.27. The van der Waals surface area contributed by atoms with Crippen molar-refractivity contribution in [1.29, 1.82) is 0 Å². The molecule has 0 heterocycles. The lowest BCUT2D eigenvalue weighted by molar-refractivity contribution is -0.118. The molecule has 0 aromatic heterocycles. The maximum Gasteiger partial charge on any atom is 0.408 e. The van der Waals surface area contributed by atoms with Crippen LogP contribution < -0.4 is 10.6 Å². The van der Waals surface area contributed by atoms with Gasteiger partial charge >= 0.3 is 6.09 Å².